The minimum atomic E-state index is 0.620. The van der Waals surface area contributed by atoms with E-state index in [0.717, 1.165) is 30.0 Å². The van der Waals surface area contributed by atoms with Gasteiger partial charge in [-0.25, -0.2) is 9.97 Å². The number of aromatic nitrogens is 2. The van der Waals surface area contributed by atoms with Gasteiger partial charge in [-0.1, -0.05) is 48.9 Å². The smallest absolute Gasteiger partial charge is 0.163 e. The molecule has 26 heavy (non-hydrogen) atoms. The van der Waals surface area contributed by atoms with Crippen LogP contribution in [-0.2, 0) is 0 Å². The third-order valence-corrected chi connectivity index (χ3v) is 3.97. The fourth-order valence-corrected chi connectivity index (χ4v) is 2.66. The van der Waals surface area contributed by atoms with Crippen LogP contribution in [0.3, 0.4) is 0 Å². The van der Waals surface area contributed by atoms with Crippen LogP contribution < -0.4 is 15.4 Å². The molecule has 0 unspecified atom stereocenters. The fourth-order valence-electron chi connectivity index (χ4n) is 2.49. The average molecular weight is 369 g/mol. The normalized spacial score (nSPS) is 10.4. The van der Waals surface area contributed by atoms with Crippen molar-refractivity contribution >= 4 is 28.9 Å². The van der Waals surface area contributed by atoms with Gasteiger partial charge in [0, 0.05) is 23.2 Å². The molecule has 3 aromatic rings. The molecule has 1 aromatic heterocycles. The van der Waals surface area contributed by atoms with Gasteiger partial charge in [-0.05, 0) is 24.6 Å². The number of rotatable bonds is 7. The average Bonchev–Trinajstić information content (AvgIpc) is 2.67. The Hall–Kier alpha value is -2.79. The first kappa shape index (κ1) is 18.0. The van der Waals surface area contributed by atoms with Gasteiger partial charge in [-0.2, -0.15) is 0 Å². The van der Waals surface area contributed by atoms with E-state index in [2.05, 4.69) is 27.5 Å². The molecule has 6 heteroatoms. The largest absolute Gasteiger partial charge is 0.495 e. The van der Waals surface area contributed by atoms with Crippen LogP contribution in [0.2, 0.25) is 5.02 Å². The standard InChI is InChI=1S/C20H21ClN4O/c1-3-11-22-18-13-19(23-16-12-15(21)9-10-17(16)26-2)25-20(24-18)14-7-5-4-6-8-14/h4-10,12-13H,3,11H2,1-2H3,(H2,22,23,24,25). The first-order valence-corrected chi connectivity index (χ1v) is 8.86. The molecule has 0 amide bonds. The molecule has 0 saturated carbocycles. The van der Waals surface area contributed by atoms with Gasteiger partial charge in [0.2, 0.25) is 0 Å². The molecule has 3 rings (SSSR count). The van der Waals surface area contributed by atoms with E-state index in [4.69, 9.17) is 16.3 Å². The van der Waals surface area contributed by atoms with E-state index in [1.54, 1.807) is 13.2 Å². The van der Waals surface area contributed by atoms with Crippen molar-refractivity contribution in [3.63, 3.8) is 0 Å². The lowest BCUT2D eigenvalue weighted by molar-refractivity contribution is 0.417. The Bertz CT molecular complexity index is 871. The third kappa shape index (κ3) is 4.43. The molecule has 0 fully saturated rings. The molecular weight excluding hydrogens is 348 g/mol. The predicted molar refractivity (Wildman–Crippen MR) is 108 cm³/mol. The Morgan fingerprint density at radius 2 is 1.77 bits per heavy atom. The van der Waals surface area contributed by atoms with Crippen LogP contribution in [0.4, 0.5) is 17.3 Å². The van der Waals surface area contributed by atoms with Crippen molar-refractivity contribution in [2.24, 2.45) is 0 Å². The molecule has 0 atom stereocenters. The van der Waals surface area contributed by atoms with Crippen molar-refractivity contribution < 1.29 is 4.74 Å². The summed E-state index contributed by atoms with van der Waals surface area (Å²) in [4.78, 5) is 9.27. The topological polar surface area (TPSA) is 59.1 Å². The van der Waals surface area contributed by atoms with Gasteiger partial charge in [0.25, 0.3) is 0 Å². The first-order valence-electron chi connectivity index (χ1n) is 8.48. The second-order valence-electron chi connectivity index (χ2n) is 5.72. The van der Waals surface area contributed by atoms with Crippen molar-refractivity contribution in [1.82, 2.24) is 9.97 Å². The number of halogens is 1. The van der Waals surface area contributed by atoms with E-state index < -0.39 is 0 Å². The zero-order chi connectivity index (χ0) is 18.4. The molecule has 0 bridgehead atoms. The van der Waals surface area contributed by atoms with Crippen LogP contribution in [0.5, 0.6) is 5.75 Å². The molecule has 2 N–H and O–H groups in total. The van der Waals surface area contributed by atoms with Crippen LogP contribution in [0.15, 0.2) is 54.6 Å². The number of hydrogen-bond acceptors (Lipinski definition) is 5. The summed E-state index contributed by atoms with van der Waals surface area (Å²) in [6.45, 7) is 2.95. The summed E-state index contributed by atoms with van der Waals surface area (Å²) >= 11 is 6.13. The summed E-state index contributed by atoms with van der Waals surface area (Å²) in [6, 6.07) is 17.2. The van der Waals surface area contributed by atoms with Gasteiger partial charge < -0.3 is 15.4 Å². The molecule has 5 nitrogen and oxygen atoms in total. The van der Waals surface area contributed by atoms with E-state index in [0.29, 0.717) is 22.4 Å². The molecule has 2 aromatic carbocycles. The molecule has 0 saturated heterocycles. The number of nitrogens with one attached hydrogen (secondary N) is 2. The van der Waals surface area contributed by atoms with Crippen molar-refractivity contribution in [3.05, 3.63) is 59.6 Å². The summed E-state index contributed by atoms with van der Waals surface area (Å²) in [5, 5.41) is 7.23. The molecule has 0 radical (unpaired) electrons. The number of nitrogens with zero attached hydrogens (tertiary/aromatic N) is 2. The van der Waals surface area contributed by atoms with E-state index in [-0.39, 0.29) is 0 Å². The highest BCUT2D eigenvalue weighted by Crippen LogP contribution is 2.31. The third-order valence-electron chi connectivity index (χ3n) is 3.74. The van der Waals surface area contributed by atoms with E-state index in [9.17, 15) is 0 Å². The molecule has 0 spiro atoms. The zero-order valence-electron chi connectivity index (χ0n) is 14.8. The first-order chi connectivity index (χ1) is 12.7. The lowest BCUT2D eigenvalue weighted by atomic mass is 10.2. The highest BCUT2D eigenvalue weighted by Gasteiger charge is 2.10. The number of anilines is 3. The van der Waals surface area contributed by atoms with Crippen molar-refractivity contribution in [2.75, 3.05) is 24.3 Å². The Labute approximate surface area is 158 Å². The van der Waals surface area contributed by atoms with Crippen LogP contribution in [0, 0.1) is 0 Å². The fraction of sp³-hybridized carbons (Fsp3) is 0.200. The van der Waals surface area contributed by atoms with Gasteiger partial charge >= 0.3 is 0 Å². The van der Waals surface area contributed by atoms with Gasteiger partial charge in [-0.3, -0.25) is 0 Å². The molecule has 0 aliphatic rings. The highest BCUT2D eigenvalue weighted by atomic mass is 35.5. The Balaban J connectivity index is 1.99. The zero-order valence-corrected chi connectivity index (χ0v) is 15.5. The maximum atomic E-state index is 6.13. The lowest BCUT2D eigenvalue weighted by Gasteiger charge is -2.13. The Kier molecular flexibility index (Phi) is 5.92. The van der Waals surface area contributed by atoms with Crippen LogP contribution in [0.1, 0.15) is 13.3 Å². The van der Waals surface area contributed by atoms with Crippen LogP contribution >= 0.6 is 11.6 Å². The minimum absolute atomic E-state index is 0.620. The maximum absolute atomic E-state index is 6.13. The monoisotopic (exact) mass is 368 g/mol. The van der Waals surface area contributed by atoms with Crippen molar-refractivity contribution in [3.8, 4) is 17.1 Å². The van der Waals surface area contributed by atoms with Gasteiger partial charge in [0.05, 0.1) is 12.8 Å². The summed E-state index contributed by atoms with van der Waals surface area (Å²) in [7, 11) is 1.62. The van der Waals surface area contributed by atoms with Crippen LogP contribution in [0.25, 0.3) is 11.4 Å². The van der Waals surface area contributed by atoms with E-state index in [1.165, 1.54) is 0 Å². The maximum Gasteiger partial charge on any atom is 0.163 e. The van der Waals surface area contributed by atoms with Crippen LogP contribution in [-0.4, -0.2) is 23.6 Å². The lowest BCUT2D eigenvalue weighted by Crippen LogP contribution is -2.06. The SMILES string of the molecule is CCCNc1cc(Nc2cc(Cl)ccc2OC)nc(-c2ccccc2)n1. The number of methoxy groups -OCH3 is 1. The van der Waals surface area contributed by atoms with Crippen molar-refractivity contribution in [1.29, 1.82) is 0 Å². The predicted octanol–water partition coefficient (Wildman–Crippen LogP) is 5.37. The molecule has 0 aliphatic carbocycles. The number of benzene rings is 2. The van der Waals surface area contributed by atoms with Crippen molar-refractivity contribution in [2.45, 2.75) is 13.3 Å². The quantitative estimate of drug-likeness (QED) is 0.587. The summed E-state index contributed by atoms with van der Waals surface area (Å²) in [6.07, 6.45) is 1.01. The Morgan fingerprint density at radius 1 is 1.00 bits per heavy atom. The molecule has 0 aliphatic heterocycles. The van der Waals surface area contributed by atoms with Gasteiger partial charge in [-0.15, -0.1) is 0 Å². The molecular formula is C20H21ClN4O. The van der Waals surface area contributed by atoms with Gasteiger partial charge in [0.1, 0.15) is 17.4 Å². The summed E-state index contributed by atoms with van der Waals surface area (Å²) in [5.41, 5.74) is 1.70. The molecule has 134 valence electrons. The van der Waals surface area contributed by atoms with E-state index in [1.807, 2.05) is 48.5 Å². The number of ether oxygens (including phenoxy) is 1. The summed E-state index contributed by atoms with van der Waals surface area (Å²) < 4.78 is 5.40. The highest BCUT2D eigenvalue weighted by molar-refractivity contribution is 6.31. The second-order valence-corrected chi connectivity index (χ2v) is 6.16. The van der Waals surface area contributed by atoms with E-state index >= 15 is 0 Å². The summed E-state index contributed by atoms with van der Waals surface area (Å²) in [5.74, 6) is 2.77. The Morgan fingerprint density at radius 3 is 2.50 bits per heavy atom. The minimum Gasteiger partial charge on any atom is -0.495 e. The second kappa shape index (κ2) is 8.54. The number of hydrogen-bond donors (Lipinski definition) is 2. The van der Waals surface area contributed by atoms with Gasteiger partial charge in [0.15, 0.2) is 5.82 Å². The molecule has 1 heterocycles.